The van der Waals surface area contributed by atoms with Crippen molar-refractivity contribution in [1.82, 2.24) is 0 Å². The molecule has 0 atom stereocenters. The fraction of sp³-hybridized carbons (Fsp3) is 0.273. The molecular weight excluding hydrogens is 360 g/mol. The SMILES string of the molecule is COc1ccc2c(c1)OC(=Cc1cc(C)c(OC(C)(C)C(=O)O)c(C)c1)C2=O. The maximum Gasteiger partial charge on any atom is 0.347 e. The van der Waals surface area contributed by atoms with Crippen LogP contribution in [0.1, 0.15) is 40.9 Å². The van der Waals surface area contributed by atoms with Crippen LogP contribution in [0, 0.1) is 13.8 Å². The standard InChI is InChI=1S/C22H22O6/c1-12-8-14(9-13(2)20(12)28-22(3,4)21(24)25)10-18-19(23)16-7-6-15(26-5)11-17(16)27-18/h6-11H,1-5H3,(H,24,25). The largest absolute Gasteiger partial charge is 0.497 e. The molecule has 0 unspecified atom stereocenters. The van der Waals surface area contributed by atoms with Gasteiger partial charge in [0, 0.05) is 6.07 Å². The summed E-state index contributed by atoms with van der Waals surface area (Å²) in [6.07, 6.45) is 1.67. The lowest BCUT2D eigenvalue weighted by molar-refractivity contribution is -0.152. The number of ketones is 1. The number of carboxylic acid groups (broad SMARTS) is 1. The van der Waals surface area contributed by atoms with Crippen LogP contribution in [0.15, 0.2) is 36.1 Å². The van der Waals surface area contributed by atoms with Gasteiger partial charge in [-0.2, -0.15) is 0 Å². The van der Waals surface area contributed by atoms with Gasteiger partial charge in [0.05, 0.1) is 12.7 Å². The average molecular weight is 382 g/mol. The number of Topliss-reactive ketones (excluding diaryl/α,β-unsaturated/α-hetero) is 1. The number of allylic oxidation sites excluding steroid dienone is 1. The van der Waals surface area contributed by atoms with E-state index < -0.39 is 11.6 Å². The number of aryl methyl sites for hydroxylation is 2. The number of methoxy groups -OCH3 is 1. The maximum absolute atomic E-state index is 12.6. The Bertz CT molecular complexity index is 977. The van der Waals surface area contributed by atoms with Crippen molar-refractivity contribution in [3.8, 4) is 17.2 Å². The van der Waals surface area contributed by atoms with E-state index in [4.69, 9.17) is 14.2 Å². The van der Waals surface area contributed by atoms with Gasteiger partial charge in [-0.25, -0.2) is 4.79 Å². The van der Waals surface area contributed by atoms with Crippen LogP contribution in [0.2, 0.25) is 0 Å². The number of aliphatic carboxylic acids is 1. The predicted molar refractivity (Wildman–Crippen MR) is 104 cm³/mol. The summed E-state index contributed by atoms with van der Waals surface area (Å²) in [5.41, 5.74) is 1.44. The number of carbonyl (C=O) groups is 2. The lowest BCUT2D eigenvalue weighted by Gasteiger charge is -2.24. The molecule has 0 saturated heterocycles. The van der Waals surface area contributed by atoms with Crippen LogP contribution in [0.5, 0.6) is 17.2 Å². The molecule has 0 aliphatic carbocycles. The second-order valence-electron chi connectivity index (χ2n) is 7.20. The summed E-state index contributed by atoms with van der Waals surface area (Å²) in [6, 6.07) is 8.73. The highest BCUT2D eigenvalue weighted by atomic mass is 16.5. The van der Waals surface area contributed by atoms with Crippen molar-refractivity contribution in [3.05, 3.63) is 58.3 Å². The van der Waals surface area contributed by atoms with Crippen molar-refractivity contribution in [3.63, 3.8) is 0 Å². The average Bonchev–Trinajstić information content (AvgIpc) is 2.93. The van der Waals surface area contributed by atoms with Crippen molar-refractivity contribution in [1.29, 1.82) is 0 Å². The number of hydrogen-bond donors (Lipinski definition) is 1. The normalized spacial score (nSPS) is 14.6. The molecule has 28 heavy (non-hydrogen) atoms. The van der Waals surface area contributed by atoms with Gasteiger partial charge in [-0.3, -0.25) is 4.79 Å². The molecule has 0 aromatic heterocycles. The third kappa shape index (κ3) is 3.58. The third-order valence-electron chi connectivity index (χ3n) is 4.53. The second-order valence-corrected chi connectivity index (χ2v) is 7.20. The molecule has 2 aromatic carbocycles. The van der Waals surface area contributed by atoms with Crippen LogP contribution in [0.3, 0.4) is 0 Å². The minimum absolute atomic E-state index is 0.194. The molecule has 1 aliphatic rings. The van der Waals surface area contributed by atoms with Gasteiger partial charge in [0.25, 0.3) is 0 Å². The molecule has 6 nitrogen and oxygen atoms in total. The zero-order chi connectivity index (χ0) is 20.6. The van der Waals surface area contributed by atoms with E-state index in [1.54, 1.807) is 31.4 Å². The minimum Gasteiger partial charge on any atom is -0.497 e. The quantitative estimate of drug-likeness (QED) is 0.782. The summed E-state index contributed by atoms with van der Waals surface area (Å²) < 4.78 is 16.6. The second kappa shape index (κ2) is 7.03. The predicted octanol–water partition coefficient (Wildman–Crippen LogP) is 4.17. The number of hydrogen-bond acceptors (Lipinski definition) is 5. The van der Waals surface area contributed by atoms with E-state index in [2.05, 4.69) is 0 Å². The smallest absolute Gasteiger partial charge is 0.347 e. The molecule has 0 fully saturated rings. The molecule has 0 saturated carbocycles. The maximum atomic E-state index is 12.6. The van der Waals surface area contributed by atoms with Crippen molar-refractivity contribution >= 4 is 17.8 Å². The van der Waals surface area contributed by atoms with Crippen molar-refractivity contribution in [2.75, 3.05) is 7.11 Å². The van der Waals surface area contributed by atoms with E-state index in [1.165, 1.54) is 13.8 Å². The topological polar surface area (TPSA) is 82.1 Å². The Morgan fingerprint density at radius 1 is 1.14 bits per heavy atom. The summed E-state index contributed by atoms with van der Waals surface area (Å²) in [6.45, 7) is 6.67. The van der Waals surface area contributed by atoms with Crippen LogP contribution >= 0.6 is 0 Å². The summed E-state index contributed by atoms with van der Waals surface area (Å²) in [7, 11) is 1.55. The third-order valence-corrected chi connectivity index (χ3v) is 4.53. The number of fused-ring (bicyclic) bond motifs is 1. The van der Waals surface area contributed by atoms with Gasteiger partial charge in [-0.15, -0.1) is 0 Å². The monoisotopic (exact) mass is 382 g/mol. The highest BCUT2D eigenvalue weighted by Crippen LogP contribution is 2.35. The molecule has 1 N–H and O–H groups in total. The van der Waals surface area contributed by atoms with Gasteiger partial charge in [-0.1, -0.05) is 0 Å². The Labute approximate surface area is 163 Å². The van der Waals surface area contributed by atoms with Crippen molar-refractivity contribution in [2.45, 2.75) is 33.3 Å². The highest BCUT2D eigenvalue weighted by molar-refractivity contribution is 6.14. The molecular formula is C22H22O6. The number of benzene rings is 2. The molecule has 1 aliphatic heterocycles. The summed E-state index contributed by atoms with van der Waals surface area (Å²) in [5.74, 6) is 0.577. The number of carboxylic acids is 1. The Kier molecular flexibility index (Phi) is 4.89. The molecule has 3 rings (SSSR count). The van der Waals surface area contributed by atoms with E-state index >= 15 is 0 Å². The Hall–Kier alpha value is -3.28. The summed E-state index contributed by atoms with van der Waals surface area (Å²) in [5, 5.41) is 9.28. The lowest BCUT2D eigenvalue weighted by Crippen LogP contribution is -2.38. The zero-order valence-electron chi connectivity index (χ0n) is 16.5. The fourth-order valence-electron chi connectivity index (χ4n) is 2.97. The Morgan fingerprint density at radius 2 is 1.79 bits per heavy atom. The van der Waals surface area contributed by atoms with Gasteiger partial charge in [0.2, 0.25) is 5.78 Å². The number of rotatable bonds is 5. The Morgan fingerprint density at radius 3 is 2.36 bits per heavy atom. The first-order valence-electron chi connectivity index (χ1n) is 8.78. The molecule has 0 spiro atoms. The molecule has 0 radical (unpaired) electrons. The van der Waals surface area contributed by atoms with Gasteiger partial charge in [0.1, 0.15) is 17.2 Å². The van der Waals surface area contributed by atoms with Crippen molar-refractivity contribution < 1.29 is 28.9 Å². The van der Waals surface area contributed by atoms with E-state index in [1.807, 2.05) is 26.0 Å². The molecule has 6 heteroatoms. The molecule has 0 bridgehead atoms. The molecule has 0 amide bonds. The Balaban J connectivity index is 1.91. The number of carbonyl (C=O) groups excluding carboxylic acids is 1. The molecule has 1 heterocycles. The molecule has 2 aromatic rings. The summed E-state index contributed by atoms with van der Waals surface area (Å²) in [4.78, 5) is 23.9. The van der Waals surface area contributed by atoms with Crippen LogP contribution in [-0.4, -0.2) is 29.6 Å². The van der Waals surface area contributed by atoms with E-state index in [-0.39, 0.29) is 11.5 Å². The van der Waals surface area contributed by atoms with Crippen LogP contribution in [0.25, 0.3) is 6.08 Å². The minimum atomic E-state index is -1.35. The zero-order valence-corrected chi connectivity index (χ0v) is 16.5. The van der Waals surface area contributed by atoms with E-state index in [0.717, 1.165) is 16.7 Å². The van der Waals surface area contributed by atoms with E-state index in [9.17, 15) is 14.7 Å². The van der Waals surface area contributed by atoms with Gasteiger partial charge in [-0.05, 0) is 74.7 Å². The van der Waals surface area contributed by atoms with Gasteiger partial charge >= 0.3 is 5.97 Å². The first-order chi connectivity index (χ1) is 13.1. The fourth-order valence-corrected chi connectivity index (χ4v) is 2.97. The summed E-state index contributed by atoms with van der Waals surface area (Å²) >= 11 is 0. The van der Waals surface area contributed by atoms with Crippen molar-refractivity contribution in [2.24, 2.45) is 0 Å². The first kappa shape index (κ1) is 19.5. The van der Waals surface area contributed by atoms with Gasteiger partial charge in [0.15, 0.2) is 11.4 Å². The van der Waals surface area contributed by atoms with Gasteiger partial charge < -0.3 is 19.3 Å². The first-order valence-corrected chi connectivity index (χ1v) is 8.78. The lowest BCUT2D eigenvalue weighted by atomic mass is 10.0. The van der Waals surface area contributed by atoms with Crippen LogP contribution < -0.4 is 14.2 Å². The van der Waals surface area contributed by atoms with E-state index in [0.29, 0.717) is 22.8 Å². The van der Waals surface area contributed by atoms with Crippen LogP contribution in [0.4, 0.5) is 0 Å². The van der Waals surface area contributed by atoms with Crippen LogP contribution in [-0.2, 0) is 4.79 Å². The highest BCUT2D eigenvalue weighted by Gasteiger charge is 2.31. The molecule has 146 valence electrons. The number of ether oxygens (including phenoxy) is 3.